The Morgan fingerprint density at radius 2 is 2.05 bits per heavy atom. The van der Waals surface area contributed by atoms with Gasteiger partial charge in [-0.15, -0.1) is 0 Å². The van der Waals surface area contributed by atoms with Crippen molar-refractivity contribution in [1.29, 1.82) is 0 Å². The molecule has 22 heavy (non-hydrogen) atoms. The van der Waals surface area contributed by atoms with Crippen molar-refractivity contribution in [3.63, 3.8) is 0 Å². The third-order valence-electron chi connectivity index (χ3n) is 4.00. The normalized spacial score (nSPS) is 17.1. The zero-order valence-corrected chi connectivity index (χ0v) is 12.6. The van der Waals surface area contributed by atoms with Gasteiger partial charge in [-0.25, -0.2) is 19.9 Å². The van der Waals surface area contributed by atoms with Gasteiger partial charge < -0.3 is 15.8 Å². The van der Waals surface area contributed by atoms with E-state index in [2.05, 4.69) is 32.2 Å². The van der Waals surface area contributed by atoms with Crippen molar-refractivity contribution in [3.05, 3.63) is 24.7 Å². The van der Waals surface area contributed by atoms with E-state index in [-0.39, 0.29) is 11.4 Å². The lowest BCUT2D eigenvalue weighted by Crippen LogP contribution is -2.33. The zero-order chi connectivity index (χ0) is 15.4. The highest BCUT2D eigenvalue weighted by Gasteiger charge is 2.27. The molecular formula is C15H20N6O. The second-order valence-corrected chi connectivity index (χ2v) is 5.87. The van der Waals surface area contributed by atoms with Gasteiger partial charge in [-0.1, -0.05) is 6.92 Å². The van der Waals surface area contributed by atoms with Crippen LogP contribution in [0.1, 0.15) is 19.8 Å². The van der Waals surface area contributed by atoms with Gasteiger partial charge in [0.2, 0.25) is 5.95 Å². The van der Waals surface area contributed by atoms with Crippen LogP contribution >= 0.6 is 0 Å². The van der Waals surface area contributed by atoms with E-state index >= 15 is 0 Å². The van der Waals surface area contributed by atoms with E-state index in [4.69, 9.17) is 10.5 Å². The van der Waals surface area contributed by atoms with E-state index < -0.39 is 0 Å². The molecule has 2 aromatic heterocycles. The van der Waals surface area contributed by atoms with Crippen molar-refractivity contribution in [1.82, 2.24) is 19.9 Å². The number of hydrogen-bond donors (Lipinski definition) is 2. The molecule has 1 aliphatic rings. The first-order chi connectivity index (χ1) is 10.6. The summed E-state index contributed by atoms with van der Waals surface area (Å²) >= 11 is 0. The van der Waals surface area contributed by atoms with Crippen LogP contribution in [0.4, 0.5) is 11.8 Å². The third-order valence-corrected chi connectivity index (χ3v) is 4.00. The van der Waals surface area contributed by atoms with Crippen LogP contribution in [0.15, 0.2) is 24.7 Å². The monoisotopic (exact) mass is 300 g/mol. The molecule has 7 heteroatoms. The van der Waals surface area contributed by atoms with E-state index in [1.807, 2.05) is 6.07 Å². The average molecular weight is 300 g/mol. The molecule has 3 N–H and O–H groups in total. The summed E-state index contributed by atoms with van der Waals surface area (Å²) in [6.45, 7) is 4.79. The van der Waals surface area contributed by atoms with Gasteiger partial charge in [0.15, 0.2) is 0 Å². The highest BCUT2D eigenvalue weighted by molar-refractivity contribution is 5.58. The second-order valence-electron chi connectivity index (χ2n) is 5.87. The maximum Gasteiger partial charge on any atom is 0.220 e. The van der Waals surface area contributed by atoms with Crippen molar-refractivity contribution in [2.24, 2.45) is 5.41 Å². The van der Waals surface area contributed by atoms with Crippen molar-refractivity contribution in [2.75, 3.05) is 30.8 Å². The maximum atomic E-state index is 5.61. The Balaban J connectivity index is 1.71. The molecule has 1 saturated heterocycles. The minimum Gasteiger partial charge on any atom is -0.381 e. The van der Waals surface area contributed by atoms with Crippen LogP contribution in [0.5, 0.6) is 0 Å². The molecule has 7 nitrogen and oxygen atoms in total. The zero-order valence-electron chi connectivity index (χ0n) is 12.6. The Morgan fingerprint density at radius 1 is 1.23 bits per heavy atom. The molecule has 1 fully saturated rings. The van der Waals surface area contributed by atoms with Crippen LogP contribution in [-0.2, 0) is 4.74 Å². The highest BCUT2D eigenvalue weighted by atomic mass is 16.5. The smallest absolute Gasteiger partial charge is 0.220 e. The van der Waals surface area contributed by atoms with Crippen LogP contribution in [0, 0.1) is 5.41 Å². The minimum absolute atomic E-state index is 0.236. The van der Waals surface area contributed by atoms with E-state index in [0.717, 1.165) is 44.1 Å². The summed E-state index contributed by atoms with van der Waals surface area (Å²) in [5.41, 5.74) is 7.27. The van der Waals surface area contributed by atoms with Gasteiger partial charge >= 0.3 is 0 Å². The first kappa shape index (κ1) is 14.6. The molecule has 2 aromatic rings. The number of hydrogen-bond acceptors (Lipinski definition) is 7. The standard InChI is InChI=1S/C15H20N6O/c1-15(3-6-22-7-4-15)9-18-13-8-12(19-10-20-13)11-2-5-17-14(16)21-11/h2,5,8,10H,3-4,6-7,9H2,1H3,(H2,16,17,21)(H,18,19,20). The predicted molar refractivity (Wildman–Crippen MR) is 84.1 cm³/mol. The number of nitrogens with one attached hydrogen (secondary N) is 1. The molecule has 0 aliphatic carbocycles. The van der Waals surface area contributed by atoms with Crippen molar-refractivity contribution >= 4 is 11.8 Å². The Hall–Kier alpha value is -2.28. The van der Waals surface area contributed by atoms with Gasteiger partial charge in [0, 0.05) is 32.0 Å². The van der Waals surface area contributed by atoms with E-state index in [0.29, 0.717) is 5.69 Å². The maximum absolute atomic E-state index is 5.61. The summed E-state index contributed by atoms with van der Waals surface area (Å²) in [4.78, 5) is 16.6. The van der Waals surface area contributed by atoms with Crippen LogP contribution in [0.2, 0.25) is 0 Å². The van der Waals surface area contributed by atoms with Crippen molar-refractivity contribution in [3.8, 4) is 11.4 Å². The molecule has 0 atom stereocenters. The van der Waals surface area contributed by atoms with Crippen molar-refractivity contribution < 1.29 is 4.74 Å². The fourth-order valence-electron chi connectivity index (χ4n) is 2.46. The number of nitrogens with two attached hydrogens (primary N) is 1. The molecule has 0 bridgehead atoms. The quantitative estimate of drug-likeness (QED) is 0.887. The fraction of sp³-hybridized carbons (Fsp3) is 0.467. The molecule has 0 saturated carbocycles. The number of nitrogens with zero attached hydrogens (tertiary/aromatic N) is 4. The molecular weight excluding hydrogens is 280 g/mol. The van der Waals surface area contributed by atoms with Gasteiger partial charge in [-0.05, 0) is 24.3 Å². The van der Waals surface area contributed by atoms with Crippen molar-refractivity contribution in [2.45, 2.75) is 19.8 Å². The van der Waals surface area contributed by atoms with E-state index in [1.54, 1.807) is 12.3 Å². The molecule has 0 aromatic carbocycles. The number of rotatable bonds is 4. The van der Waals surface area contributed by atoms with Crippen LogP contribution in [-0.4, -0.2) is 39.7 Å². The van der Waals surface area contributed by atoms with E-state index in [9.17, 15) is 0 Å². The van der Waals surface area contributed by atoms with Crippen LogP contribution in [0.25, 0.3) is 11.4 Å². The molecule has 0 spiro atoms. The lowest BCUT2D eigenvalue weighted by Gasteiger charge is -2.33. The SMILES string of the molecule is CC1(CNc2cc(-c3ccnc(N)n3)ncn2)CCOCC1. The molecule has 3 rings (SSSR count). The molecule has 1 aliphatic heterocycles. The molecule has 0 amide bonds. The summed E-state index contributed by atoms with van der Waals surface area (Å²) in [6, 6.07) is 3.66. The molecule has 116 valence electrons. The Morgan fingerprint density at radius 3 is 2.82 bits per heavy atom. The Bertz CT molecular complexity index is 641. The summed E-state index contributed by atoms with van der Waals surface area (Å²) in [6.07, 6.45) is 5.26. The lowest BCUT2D eigenvalue weighted by molar-refractivity contribution is 0.0300. The second kappa shape index (κ2) is 6.23. The minimum atomic E-state index is 0.236. The Labute approximate surface area is 129 Å². The van der Waals surface area contributed by atoms with E-state index in [1.165, 1.54) is 6.33 Å². The lowest BCUT2D eigenvalue weighted by atomic mass is 9.82. The topological polar surface area (TPSA) is 98.8 Å². The van der Waals surface area contributed by atoms with Gasteiger partial charge in [0.05, 0.1) is 11.4 Å². The Kier molecular flexibility index (Phi) is 4.15. The summed E-state index contributed by atoms with van der Waals surface area (Å²) < 4.78 is 5.43. The first-order valence-corrected chi connectivity index (χ1v) is 7.37. The van der Waals surface area contributed by atoms with Crippen LogP contribution in [0.3, 0.4) is 0 Å². The third kappa shape index (κ3) is 3.48. The first-order valence-electron chi connectivity index (χ1n) is 7.37. The molecule has 3 heterocycles. The fourth-order valence-corrected chi connectivity index (χ4v) is 2.46. The van der Waals surface area contributed by atoms with Crippen LogP contribution < -0.4 is 11.1 Å². The highest BCUT2D eigenvalue weighted by Crippen LogP contribution is 2.30. The molecule has 0 radical (unpaired) electrons. The summed E-state index contributed by atoms with van der Waals surface area (Å²) in [7, 11) is 0. The average Bonchev–Trinajstić information content (AvgIpc) is 2.54. The number of ether oxygens (including phenoxy) is 1. The van der Waals surface area contributed by atoms with Gasteiger partial charge in [0.25, 0.3) is 0 Å². The summed E-state index contributed by atoms with van der Waals surface area (Å²) in [5.74, 6) is 1.02. The van der Waals surface area contributed by atoms with Gasteiger partial charge in [-0.3, -0.25) is 0 Å². The predicted octanol–water partition coefficient (Wildman–Crippen LogP) is 1.74. The molecule has 0 unspecified atom stereocenters. The number of anilines is 2. The van der Waals surface area contributed by atoms with Gasteiger partial charge in [0.1, 0.15) is 12.1 Å². The summed E-state index contributed by atoms with van der Waals surface area (Å²) in [5, 5.41) is 3.40. The number of nitrogen functional groups attached to an aromatic ring is 1. The largest absolute Gasteiger partial charge is 0.381 e. The number of aromatic nitrogens is 4. The van der Waals surface area contributed by atoms with Gasteiger partial charge in [-0.2, -0.15) is 0 Å².